The van der Waals surface area contributed by atoms with E-state index < -0.39 is 0 Å². The highest BCUT2D eigenvalue weighted by Crippen LogP contribution is 2.25. The molecule has 0 saturated carbocycles. The van der Waals surface area contributed by atoms with Crippen LogP contribution in [0.15, 0.2) is 12.1 Å². The van der Waals surface area contributed by atoms with Gasteiger partial charge in [0.15, 0.2) is 0 Å². The number of rotatable bonds is 3. The largest absolute Gasteiger partial charge is 0.179 e. The van der Waals surface area contributed by atoms with Gasteiger partial charge in [-0.05, 0) is 54.5 Å². The van der Waals surface area contributed by atoms with Crippen molar-refractivity contribution in [3.05, 3.63) is 34.4 Å². The molecule has 0 aliphatic heterocycles. The van der Waals surface area contributed by atoms with E-state index in [0.717, 1.165) is 11.5 Å². The summed E-state index contributed by atoms with van der Waals surface area (Å²) >= 11 is 8.73. The Hall–Kier alpha value is -0.0800. The first-order valence-corrected chi connectivity index (χ1v) is 6.16. The van der Waals surface area contributed by atoms with Gasteiger partial charge in [-0.3, -0.25) is 0 Å². The molecule has 0 nitrogen and oxygen atoms in total. The van der Waals surface area contributed by atoms with Crippen molar-refractivity contribution in [1.82, 2.24) is 0 Å². The van der Waals surface area contributed by atoms with Crippen LogP contribution in [0.25, 0.3) is 0 Å². The molecule has 0 spiro atoms. The van der Waals surface area contributed by atoms with Gasteiger partial charge in [0.2, 0.25) is 0 Å². The normalized spacial score (nSPS) is 11.0. The van der Waals surface area contributed by atoms with Gasteiger partial charge in [0.25, 0.3) is 0 Å². The second-order valence-corrected chi connectivity index (χ2v) is 4.59. The van der Waals surface area contributed by atoms with Crippen LogP contribution in [0.2, 0.25) is 0 Å². The molecule has 0 N–H and O–H groups in total. The van der Waals surface area contributed by atoms with Crippen LogP contribution in [-0.2, 0) is 0 Å². The molecular weight excluding hydrogens is 208 g/mol. The van der Waals surface area contributed by atoms with Gasteiger partial charge in [0.05, 0.1) is 0 Å². The van der Waals surface area contributed by atoms with Crippen LogP contribution in [0.4, 0.5) is 0 Å². The van der Waals surface area contributed by atoms with Gasteiger partial charge in [-0.2, -0.15) is 25.3 Å². The second-order valence-electron chi connectivity index (χ2n) is 3.86. The fraction of sp³-hybridized carbons (Fsp3) is 0.500. The van der Waals surface area contributed by atoms with Crippen molar-refractivity contribution in [3.8, 4) is 0 Å². The Morgan fingerprint density at radius 3 is 1.93 bits per heavy atom. The van der Waals surface area contributed by atoms with E-state index in [0.29, 0.717) is 5.92 Å². The van der Waals surface area contributed by atoms with Crippen LogP contribution in [0.3, 0.4) is 0 Å². The highest BCUT2D eigenvalue weighted by molar-refractivity contribution is 7.81. The van der Waals surface area contributed by atoms with Gasteiger partial charge in [-0.25, -0.2) is 0 Å². The molecule has 1 aromatic carbocycles. The molecule has 0 aliphatic rings. The van der Waals surface area contributed by atoms with Crippen molar-refractivity contribution < 1.29 is 0 Å². The lowest BCUT2D eigenvalue weighted by Gasteiger charge is -2.16. The standard InChI is InChI=1S/C12H18S2/c1-8-4-10(3)12(5-9(8)2)11(6-13)7-14/h4-5,11,13-14H,6-7H2,1-3H3. The lowest BCUT2D eigenvalue weighted by atomic mass is 9.93. The smallest absolute Gasteiger partial charge is 0.00175 e. The maximum Gasteiger partial charge on any atom is 0.00175 e. The van der Waals surface area contributed by atoms with E-state index in [1.165, 1.54) is 22.3 Å². The SMILES string of the molecule is Cc1cc(C)c(C(CS)CS)cc1C. The maximum absolute atomic E-state index is 4.37. The fourth-order valence-corrected chi connectivity index (χ4v) is 2.53. The molecule has 1 rings (SSSR count). The minimum absolute atomic E-state index is 0.473. The molecular formula is C12H18S2. The molecule has 0 atom stereocenters. The van der Waals surface area contributed by atoms with Gasteiger partial charge in [-0.1, -0.05) is 12.1 Å². The van der Waals surface area contributed by atoms with E-state index in [1.54, 1.807) is 0 Å². The van der Waals surface area contributed by atoms with Crippen LogP contribution >= 0.6 is 25.3 Å². The fourth-order valence-electron chi connectivity index (χ4n) is 1.68. The number of hydrogen-bond donors (Lipinski definition) is 2. The monoisotopic (exact) mass is 226 g/mol. The zero-order chi connectivity index (χ0) is 10.7. The molecule has 0 fully saturated rings. The third-order valence-corrected chi connectivity index (χ3v) is 3.64. The summed E-state index contributed by atoms with van der Waals surface area (Å²) in [5, 5.41) is 0. The average Bonchev–Trinajstić information content (AvgIpc) is 2.15. The summed E-state index contributed by atoms with van der Waals surface area (Å²) in [4.78, 5) is 0. The van der Waals surface area contributed by atoms with E-state index in [9.17, 15) is 0 Å². The summed E-state index contributed by atoms with van der Waals surface area (Å²) in [6.45, 7) is 6.48. The maximum atomic E-state index is 4.37. The van der Waals surface area contributed by atoms with Crippen LogP contribution < -0.4 is 0 Å². The molecule has 0 aliphatic carbocycles. The summed E-state index contributed by atoms with van der Waals surface area (Å²) < 4.78 is 0. The lowest BCUT2D eigenvalue weighted by molar-refractivity contribution is 0.886. The summed E-state index contributed by atoms with van der Waals surface area (Å²) in [6.07, 6.45) is 0. The number of hydrogen-bond acceptors (Lipinski definition) is 2. The lowest BCUT2D eigenvalue weighted by Crippen LogP contribution is -2.05. The Labute approximate surface area is 97.9 Å². The minimum Gasteiger partial charge on any atom is -0.179 e. The third kappa shape index (κ3) is 2.48. The molecule has 0 bridgehead atoms. The summed E-state index contributed by atoms with van der Waals surface area (Å²) in [5.74, 6) is 2.21. The van der Waals surface area contributed by atoms with Crippen LogP contribution in [-0.4, -0.2) is 11.5 Å². The molecule has 78 valence electrons. The van der Waals surface area contributed by atoms with Crippen molar-refractivity contribution in [2.45, 2.75) is 26.7 Å². The van der Waals surface area contributed by atoms with E-state index >= 15 is 0 Å². The highest BCUT2D eigenvalue weighted by atomic mass is 32.1. The molecule has 1 aromatic rings. The predicted molar refractivity (Wildman–Crippen MR) is 71.1 cm³/mol. The van der Waals surface area contributed by atoms with E-state index in [-0.39, 0.29) is 0 Å². The summed E-state index contributed by atoms with van der Waals surface area (Å²) in [7, 11) is 0. The Morgan fingerprint density at radius 2 is 1.43 bits per heavy atom. The minimum atomic E-state index is 0.473. The number of thiol groups is 2. The number of benzene rings is 1. The topological polar surface area (TPSA) is 0 Å². The zero-order valence-corrected chi connectivity index (χ0v) is 10.8. The van der Waals surface area contributed by atoms with Crippen molar-refractivity contribution >= 4 is 25.3 Å². The molecule has 0 saturated heterocycles. The Kier molecular flexibility index (Phi) is 4.39. The molecule has 0 heterocycles. The molecule has 0 amide bonds. The Bertz CT molecular complexity index is 314. The predicted octanol–water partition coefficient (Wildman–Crippen LogP) is 3.56. The van der Waals surface area contributed by atoms with Crippen LogP contribution in [0, 0.1) is 20.8 Å². The van der Waals surface area contributed by atoms with Crippen LogP contribution in [0.1, 0.15) is 28.2 Å². The second kappa shape index (κ2) is 5.13. The average molecular weight is 226 g/mol. The quantitative estimate of drug-likeness (QED) is 0.724. The first-order chi connectivity index (χ1) is 6.60. The van der Waals surface area contributed by atoms with E-state index in [1.807, 2.05) is 0 Å². The van der Waals surface area contributed by atoms with Gasteiger partial charge < -0.3 is 0 Å². The number of aryl methyl sites for hydroxylation is 3. The summed E-state index contributed by atoms with van der Waals surface area (Å²) in [5.41, 5.74) is 5.49. The first kappa shape index (κ1) is 12.0. The van der Waals surface area contributed by atoms with Crippen LogP contribution in [0.5, 0.6) is 0 Å². The van der Waals surface area contributed by atoms with E-state index in [4.69, 9.17) is 0 Å². The first-order valence-electron chi connectivity index (χ1n) is 4.89. The van der Waals surface area contributed by atoms with Gasteiger partial charge >= 0.3 is 0 Å². The Balaban J connectivity index is 3.14. The van der Waals surface area contributed by atoms with Crippen molar-refractivity contribution in [2.24, 2.45) is 0 Å². The van der Waals surface area contributed by atoms with Crippen molar-refractivity contribution in [1.29, 1.82) is 0 Å². The van der Waals surface area contributed by atoms with Gasteiger partial charge in [0, 0.05) is 5.92 Å². The van der Waals surface area contributed by atoms with Gasteiger partial charge in [0.1, 0.15) is 0 Å². The molecule has 0 unspecified atom stereocenters. The molecule has 0 aromatic heterocycles. The highest BCUT2D eigenvalue weighted by Gasteiger charge is 2.11. The molecule has 0 radical (unpaired) electrons. The molecule has 14 heavy (non-hydrogen) atoms. The zero-order valence-electron chi connectivity index (χ0n) is 9.04. The molecule has 2 heteroatoms. The third-order valence-electron chi connectivity index (χ3n) is 2.76. The van der Waals surface area contributed by atoms with E-state index in [2.05, 4.69) is 58.2 Å². The van der Waals surface area contributed by atoms with Crippen molar-refractivity contribution in [2.75, 3.05) is 11.5 Å². The van der Waals surface area contributed by atoms with Crippen molar-refractivity contribution in [3.63, 3.8) is 0 Å². The van der Waals surface area contributed by atoms with Gasteiger partial charge in [-0.15, -0.1) is 0 Å². The Morgan fingerprint density at radius 1 is 0.929 bits per heavy atom. The summed E-state index contributed by atoms with van der Waals surface area (Å²) in [6, 6.07) is 4.53.